The number of thiophene rings is 1. The van der Waals surface area contributed by atoms with Crippen LogP contribution in [0.4, 0.5) is 0 Å². The van der Waals surface area contributed by atoms with Gasteiger partial charge in [0.15, 0.2) is 0 Å². The molecule has 1 aliphatic rings. The molecule has 0 aromatic carbocycles. The average molecular weight is 268 g/mol. The Hall–Kier alpha value is -0.420. The lowest BCUT2D eigenvalue weighted by atomic mass is 10.1. The highest BCUT2D eigenvalue weighted by Crippen LogP contribution is 2.13. The predicted molar refractivity (Wildman–Crippen MR) is 77.1 cm³/mol. The largest absolute Gasteiger partial charge is 0.376 e. The SMILES string of the molecule is CCC1COC(C)CN1CCNCc1cccs1. The minimum absolute atomic E-state index is 0.380. The second-order valence-corrected chi connectivity index (χ2v) is 5.99. The Bertz CT molecular complexity index is 329. The first-order chi connectivity index (χ1) is 8.79. The van der Waals surface area contributed by atoms with Crippen LogP contribution >= 0.6 is 11.3 Å². The molecular formula is C14H24N2OS. The van der Waals surface area contributed by atoms with Crippen molar-refractivity contribution < 1.29 is 4.74 Å². The molecule has 1 aromatic heterocycles. The first-order valence-corrected chi connectivity index (χ1v) is 7.76. The molecule has 102 valence electrons. The Morgan fingerprint density at radius 1 is 1.56 bits per heavy atom. The summed E-state index contributed by atoms with van der Waals surface area (Å²) in [4.78, 5) is 3.98. The van der Waals surface area contributed by atoms with E-state index >= 15 is 0 Å². The number of rotatable bonds is 6. The maximum Gasteiger partial charge on any atom is 0.0674 e. The molecule has 0 saturated carbocycles. The fourth-order valence-electron chi connectivity index (χ4n) is 2.41. The van der Waals surface area contributed by atoms with Crippen molar-refractivity contribution in [3.8, 4) is 0 Å². The van der Waals surface area contributed by atoms with Crippen molar-refractivity contribution in [2.24, 2.45) is 0 Å². The molecule has 1 saturated heterocycles. The van der Waals surface area contributed by atoms with E-state index in [1.165, 1.54) is 11.3 Å². The molecule has 0 amide bonds. The average Bonchev–Trinajstić information content (AvgIpc) is 2.88. The normalized spacial score (nSPS) is 25.4. The monoisotopic (exact) mass is 268 g/mol. The van der Waals surface area contributed by atoms with Gasteiger partial charge in [0.1, 0.15) is 0 Å². The van der Waals surface area contributed by atoms with Gasteiger partial charge in [0.05, 0.1) is 12.7 Å². The Morgan fingerprint density at radius 2 is 2.44 bits per heavy atom. The van der Waals surface area contributed by atoms with Crippen molar-refractivity contribution in [1.82, 2.24) is 10.2 Å². The molecular weight excluding hydrogens is 244 g/mol. The molecule has 2 unspecified atom stereocenters. The molecule has 1 aromatic rings. The van der Waals surface area contributed by atoms with E-state index in [0.29, 0.717) is 12.1 Å². The van der Waals surface area contributed by atoms with Crippen molar-refractivity contribution in [3.63, 3.8) is 0 Å². The zero-order valence-electron chi connectivity index (χ0n) is 11.4. The van der Waals surface area contributed by atoms with Crippen LogP contribution in [0.1, 0.15) is 25.1 Å². The number of ether oxygens (including phenoxy) is 1. The van der Waals surface area contributed by atoms with Gasteiger partial charge in [-0.15, -0.1) is 11.3 Å². The minimum atomic E-state index is 0.380. The Kier molecular flexibility index (Phi) is 5.63. The molecule has 0 spiro atoms. The van der Waals surface area contributed by atoms with Gasteiger partial charge in [-0.05, 0) is 24.8 Å². The van der Waals surface area contributed by atoms with Gasteiger partial charge in [-0.1, -0.05) is 13.0 Å². The van der Waals surface area contributed by atoms with Gasteiger partial charge in [0, 0.05) is 37.1 Å². The lowest BCUT2D eigenvalue weighted by molar-refractivity contribution is -0.0551. The number of nitrogens with one attached hydrogen (secondary N) is 1. The van der Waals surface area contributed by atoms with Crippen LogP contribution in [0.2, 0.25) is 0 Å². The van der Waals surface area contributed by atoms with Crippen LogP contribution in [-0.2, 0) is 11.3 Å². The van der Waals surface area contributed by atoms with Crippen LogP contribution in [0, 0.1) is 0 Å². The summed E-state index contributed by atoms with van der Waals surface area (Å²) in [5, 5.41) is 5.66. The third-order valence-electron chi connectivity index (χ3n) is 3.51. The van der Waals surface area contributed by atoms with E-state index in [4.69, 9.17) is 4.74 Å². The Labute approximate surface area is 114 Å². The Morgan fingerprint density at radius 3 is 3.17 bits per heavy atom. The second kappa shape index (κ2) is 7.24. The molecule has 2 atom stereocenters. The fraction of sp³-hybridized carbons (Fsp3) is 0.714. The third kappa shape index (κ3) is 4.05. The van der Waals surface area contributed by atoms with E-state index in [9.17, 15) is 0 Å². The zero-order valence-corrected chi connectivity index (χ0v) is 12.2. The van der Waals surface area contributed by atoms with Gasteiger partial charge in [0.2, 0.25) is 0 Å². The lowest BCUT2D eigenvalue weighted by Gasteiger charge is -2.38. The van der Waals surface area contributed by atoms with Crippen LogP contribution in [0.25, 0.3) is 0 Å². The highest BCUT2D eigenvalue weighted by Gasteiger charge is 2.24. The molecule has 2 rings (SSSR count). The number of nitrogens with zero attached hydrogens (tertiary/aromatic N) is 1. The summed E-state index contributed by atoms with van der Waals surface area (Å²) in [5.41, 5.74) is 0. The minimum Gasteiger partial charge on any atom is -0.376 e. The Balaban J connectivity index is 1.67. The van der Waals surface area contributed by atoms with E-state index in [1.54, 1.807) is 0 Å². The second-order valence-electron chi connectivity index (χ2n) is 4.96. The van der Waals surface area contributed by atoms with Crippen LogP contribution in [-0.4, -0.2) is 43.3 Å². The van der Waals surface area contributed by atoms with E-state index in [0.717, 1.165) is 32.8 Å². The maximum absolute atomic E-state index is 5.72. The molecule has 4 heteroatoms. The molecule has 1 N–H and O–H groups in total. The smallest absolute Gasteiger partial charge is 0.0674 e. The molecule has 1 aliphatic heterocycles. The summed E-state index contributed by atoms with van der Waals surface area (Å²) < 4.78 is 5.72. The highest BCUT2D eigenvalue weighted by atomic mass is 32.1. The molecule has 1 fully saturated rings. The van der Waals surface area contributed by atoms with Crippen LogP contribution < -0.4 is 5.32 Å². The van der Waals surface area contributed by atoms with Gasteiger partial charge < -0.3 is 10.1 Å². The summed E-state index contributed by atoms with van der Waals surface area (Å²) in [6, 6.07) is 4.90. The number of hydrogen-bond donors (Lipinski definition) is 1. The van der Waals surface area contributed by atoms with Crippen molar-refractivity contribution in [1.29, 1.82) is 0 Å². The van der Waals surface area contributed by atoms with Gasteiger partial charge in [-0.2, -0.15) is 0 Å². The first kappa shape index (κ1) is 14.0. The lowest BCUT2D eigenvalue weighted by Crippen LogP contribution is -2.50. The van der Waals surface area contributed by atoms with Crippen LogP contribution in [0.15, 0.2) is 17.5 Å². The molecule has 18 heavy (non-hydrogen) atoms. The summed E-state index contributed by atoms with van der Waals surface area (Å²) in [7, 11) is 0. The van der Waals surface area contributed by atoms with E-state index in [2.05, 4.69) is 41.6 Å². The van der Waals surface area contributed by atoms with Crippen LogP contribution in [0.3, 0.4) is 0 Å². The first-order valence-electron chi connectivity index (χ1n) is 6.88. The van der Waals surface area contributed by atoms with Crippen molar-refractivity contribution >= 4 is 11.3 Å². The van der Waals surface area contributed by atoms with Crippen molar-refractivity contribution in [2.45, 2.75) is 39.0 Å². The van der Waals surface area contributed by atoms with Gasteiger partial charge >= 0.3 is 0 Å². The quantitative estimate of drug-likeness (QED) is 0.802. The van der Waals surface area contributed by atoms with E-state index in [1.807, 2.05) is 11.3 Å². The van der Waals surface area contributed by atoms with Crippen molar-refractivity contribution in [3.05, 3.63) is 22.4 Å². The van der Waals surface area contributed by atoms with Crippen molar-refractivity contribution in [2.75, 3.05) is 26.2 Å². The number of morpholine rings is 1. The molecule has 0 radical (unpaired) electrons. The van der Waals surface area contributed by atoms with Gasteiger partial charge in [-0.3, -0.25) is 4.90 Å². The molecule has 0 aliphatic carbocycles. The maximum atomic E-state index is 5.72. The topological polar surface area (TPSA) is 24.5 Å². The summed E-state index contributed by atoms with van der Waals surface area (Å²) in [6.07, 6.45) is 1.56. The standard InChI is InChI=1S/C14H24N2OS/c1-3-13-11-17-12(2)10-16(13)7-6-15-9-14-5-4-8-18-14/h4-5,8,12-13,15H,3,6-7,9-11H2,1-2H3. The van der Waals surface area contributed by atoms with Crippen LogP contribution in [0.5, 0.6) is 0 Å². The highest BCUT2D eigenvalue weighted by molar-refractivity contribution is 7.09. The fourth-order valence-corrected chi connectivity index (χ4v) is 3.08. The van der Waals surface area contributed by atoms with E-state index in [-0.39, 0.29) is 0 Å². The number of hydrogen-bond acceptors (Lipinski definition) is 4. The molecule has 3 nitrogen and oxygen atoms in total. The summed E-state index contributed by atoms with van der Waals surface area (Å²) in [6.45, 7) is 9.54. The molecule has 2 heterocycles. The van der Waals surface area contributed by atoms with E-state index < -0.39 is 0 Å². The summed E-state index contributed by atoms with van der Waals surface area (Å²) in [5.74, 6) is 0. The van der Waals surface area contributed by atoms with Gasteiger partial charge in [-0.25, -0.2) is 0 Å². The molecule has 0 bridgehead atoms. The zero-order chi connectivity index (χ0) is 12.8. The van der Waals surface area contributed by atoms with Gasteiger partial charge in [0.25, 0.3) is 0 Å². The summed E-state index contributed by atoms with van der Waals surface area (Å²) >= 11 is 1.82. The predicted octanol–water partition coefficient (Wildman–Crippen LogP) is 2.34. The third-order valence-corrected chi connectivity index (χ3v) is 4.38.